The zero-order chi connectivity index (χ0) is 36.3. The number of furan rings is 1. The second-order valence-corrected chi connectivity index (χ2v) is 16.5. The van der Waals surface area contributed by atoms with Crippen LogP contribution in [-0.2, 0) is 5.41 Å². The van der Waals surface area contributed by atoms with Gasteiger partial charge in [-0.3, -0.25) is 0 Å². The van der Waals surface area contributed by atoms with Crippen LogP contribution in [0.25, 0.3) is 64.3 Å². The molecule has 6 heterocycles. The van der Waals surface area contributed by atoms with E-state index in [2.05, 4.69) is 185 Å². The van der Waals surface area contributed by atoms with E-state index in [9.17, 15) is 0 Å². The van der Waals surface area contributed by atoms with Gasteiger partial charge in [-0.05, 0) is 75.1 Å². The van der Waals surface area contributed by atoms with Gasteiger partial charge in [0.2, 0.25) is 0 Å². The van der Waals surface area contributed by atoms with Crippen molar-refractivity contribution in [3.05, 3.63) is 198 Å². The molecule has 0 aliphatic carbocycles. The fraction of sp³-hybridized carbons (Fsp3) is 0.0196. The first-order valence-corrected chi connectivity index (χ1v) is 20.2. The molecule has 3 aromatic heterocycles. The lowest BCUT2D eigenvalue weighted by molar-refractivity contribution is 0.673. The summed E-state index contributed by atoms with van der Waals surface area (Å²) >= 11 is 1.93. The first-order chi connectivity index (χ1) is 27.8. The van der Waals surface area contributed by atoms with Gasteiger partial charge in [0.25, 0.3) is 0 Å². The Hall–Kier alpha value is -6.82. The molecule has 0 radical (unpaired) electrons. The van der Waals surface area contributed by atoms with E-state index in [1.165, 1.54) is 92.6 Å². The van der Waals surface area contributed by atoms with Gasteiger partial charge in [-0.1, -0.05) is 140 Å². The summed E-state index contributed by atoms with van der Waals surface area (Å²) in [4.78, 5) is 2.66. The Morgan fingerprint density at radius 3 is 2.04 bits per heavy atom. The third-order valence-corrected chi connectivity index (χ3v) is 14.2. The quantitative estimate of drug-likeness (QED) is 0.165. The van der Waals surface area contributed by atoms with Crippen LogP contribution in [0.5, 0.6) is 0 Å². The molecule has 0 saturated heterocycles. The number of rotatable bonds is 2. The molecule has 0 amide bonds. The number of hydrogen-bond acceptors (Lipinski definition) is 3. The average Bonchev–Trinajstić information content (AvgIpc) is 3.93. The molecular weight excluding hydrogens is 699 g/mol. The fourth-order valence-electron chi connectivity index (χ4n) is 11.0. The molecule has 3 aliphatic rings. The van der Waals surface area contributed by atoms with E-state index in [0.717, 1.165) is 21.9 Å². The molecule has 8 aromatic carbocycles. The normalized spacial score (nSPS) is 14.5. The van der Waals surface area contributed by atoms with Gasteiger partial charge in [0.1, 0.15) is 5.58 Å². The summed E-state index contributed by atoms with van der Waals surface area (Å²) in [5.41, 5.74) is 17.9. The molecule has 3 nitrogen and oxygen atoms in total. The van der Waals surface area contributed by atoms with E-state index in [-0.39, 0.29) is 6.85 Å². The first-order valence-electron chi connectivity index (χ1n) is 19.4. The second kappa shape index (κ2) is 10.3. The number of benzene rings is 8. The van der Waals surface area contributed by atoms with Gasteiger partial charge in [-0.15, -0.1) is 11.3 Å². The Morgan fingerprint density at radius 1 is 0.518 bits per heavy atom. The van der Waals surface area contributed by atoms with Gasteiger partial charge in [0.05, 0.1) is 27.0 Å². The van der Waals surface area contributed by atoms with Crippen molar-refractivity contribution in [2.24, 2.45) is 0 Å². The van der Waals surface area contributed by atoms with Crippen LogP contribution < -0.4 is 15.8 Å². The van der Waals surface area contributed by atoms with E-state index >= 15 is 0 Å². The molecule has 3 aliphatic heterocycles. The summed E-state index contributed by atoms with van der Waals surface area (Å²) in [5, 5.41) is 4.93. The maximum Gasteiger partial charge on any atom is 0.333 e. The van der Waals surface area contributed by atoms with Crippen molar-refractivity contribution in [2.75, 3.05) is 4.90 Å². The topological polar surface area (TPSA) is 21.3 Å². The first kappa shape index (κ1) is 29.5. The Balaban J connectivity index is 1.24. The smallest absolute Gasteiger partial charge is 0.333 e. The summed E-state index contributed by atoms with van der Waals surface area (Å²) in [7, 11) is 0. The molecule has 0 saturated carbocycles. The van der Waals surface area contributed by atoms with E-state index in [0.29, 0.717) is 0 Å². The molecule has 258 valence electrons. The minimum atomic E-state index is -0.564. The van der Waals surface area contributed by atoms with Gasteiger partial charge >= 0.3 is 6.85 Å². The van der Waals surface area contributed by atoms with Gasteiger partial charge in [0.15, 0.2) is 5.58 Å². The number of hydrogen-bond donors (Lipinski definition) is 0. The van der Waals surface area contributed by atoms with Gasteiger partial charge < -0.3 is 13.8 Å². The van der Waals surface area contributed by atoms with Crippen molar-refractivity contribution >= 4 is 99.3 Å². The van der Waals surface area contributed by atoms with Crippen LogP contribution in [0.3, 0.4) is 0 Å². The highest BCUT2D eigenvalue weighted by molar-refractivity contribution is 7.26. The molecule has 0 unspecified atom stereocenters. The zero-order valence-electron chi connectivity index (χ0n) is 30.0. The molecule has 0 N–H and O–H groups in total. The van der Waals surface area contributed by atoms with Crippen LogP contribution >= 0.6 is 11.3 Å². The van der Waals surface area contributed by atoms with E-state index in [4.69, 9.17) is 4.42 Å². The average molecular weight is 729 g/mol. The van der Waals surface area contributed by atoms with E-state index in [1.54, 1.807) is 0 Å². The van der Waals surface area contributed by atoms with Crippen LogP contribution in [0.2, 0.25) is 0 Å². The Morgan fingerprint density at radius 2 is 1.20 bits per heavy atom. The maximum atomic E-state index is 6.82. The highest BCUT2D eigenvalue weighted by Crippen LogP contribution is 2.60. The molecule has 56 heavy (non-hydrogen) atoms. The Labute approximate surface area is 326 Å². The highest BCUT2D eigenvalue weighted by atomic mass is 32.1. The van der Waals surface area contributed by atoms with Crippen LogP contribution in [-0.4, -0.2) is 11.3 Å². The molecule has 14 rings (SSSR count). The summed E-state index contributed by atoms with van der Waals surface area (Å²) in [6.07, 6.45) is 0. The lowest BCUT2D eigenvalue weighted by Crippen LogP contribution is -2.58. The molecule has 0 bridgehead atoms. The zero-order valence-corrected chi connectivity index (χ0v) is 30.8. The minimum Gasteiger partial charge on any atom is -0.454 e. The lowest BCUT2D eigenvalue weighted by Gasteiger charge is -2.50. The third-order valence-electron chi connectivity index (χ3n) is 13.0. The number of nitrogens with zero attached hydrogens (tertiary/aromatic N) is 2. The maximum absolute atomic E-state index is 6.82. The van der Waals surface area contributed by atoms with Crippen LogP contribution in [0, 0.1) is 0 Å². The molecule has 0 fully saturated rings. The number of para-hydroxylation sites is 4. The largest absolute Gasteiger partial charge is 0.454 e. The third kappa shape index (κ3) is 3.32. The van der Waals surface area contributed by atoms with Gasteiger partial charge in [-0.25, -0.2) is 0 Å². The second-order valence-electron chi connectivity index (χ2n) is 15.5. The van der Waals surface area contributed by atoms with Crippen molar-refractivity contribution in [1.82, 2.24) is 4.48 Å². The van der Waals surface area contributed by atoms with Crippen molar-refractivity contribution in [2.45, 2.75) is 5.41 Å². The molecule has 0 spiro atoms. The summed E-state index contributed by atoms with van der Waals surface area (Å²) in [6.45, 7) is -0.0915. The molecule has 11 aromatic rings. The van der Waals surface area contributed by atoms with E-state index in [1.807, 2.05) is 11.3 Å². The highest BCUT2D eigenvalue weighted by Gasteiger charge is 2.52. The summed E-state index contributed by atoms with van der Waals surface area (Å²) < 4.78 is 12.1. The number of fused-ring (bicyclic) bond motifs is 15. The molecule has 0 atom stereocenters. The van der Waals surface area contributed by atoms with Crippen molar-refractivity contribution in [3.63, 3.8) is 0 Å². The fourth-order valence-corrected chi connectivity index (χ4v) is 12.2. The standard InChI is InChI=1S/C51H29BN2OS/c1-3-15-30(16-4-1)51(31-17-5-2-6-18-31)38-23-9-10-26-41(38)53-47-39(51)24-14-25-40(47)52-44-36(29-37-32-19-8-12-28-43(32)56-50(37)48(44)53)33-21-13-22-35-45(33)54(52)46-34-20-7-11-27-42(34)55-49(35)46/h1-29H. The van der Waals surface area contributed by atoms with Crippen LogP contribution in [0.15, 0.2) is 180 Å². The van der Waals surface area contributed by atoms with Crippen LogP contribution in [0.4, 0.5) is 17.1 Å². The van der Waals surface area contributed by atoms with Crippen LogP contribution in [0.1, 0.15) is 22.3 Å². The predicted octanol–water partition coefficient (Wildman–Crippen LogP) is 12.0. The van der Waals surface area contributed by atoms with Crippen molar-refractivity contribution in [3.8, 4) is 11.1 Å². The number of aromatic nitrogens is 1. The summed E-state index contributed by atoms with van der Waals surface area (Å²) in [5.74, 6) is 0. The Kier molecular flexibility index (Phi) is 5.42. The number of thiophene rings is 1. The molecule has 5 heteroatoms. The monoisotopic (exact) mass is 728 g/mol. The lowest BCUT2D eigenvalue weighted by atomic mass is 9.43. The van der Waals surface area contributed by atoms with Gasteiger partial charge in [0, 0.05) is 43.0 Å². The predicted molar refractivity (Wildman–Crippen MR) is 235 cm³/mol. The van der Waals surface area contributed by atoms with Crippen molar-refractivity contribution in [1.29, 1.82) is 0 Å². The van der Waals surface area contributed by atoms with Gasteiger partial charge in [-0.2, -0.15) is 0 Å². The van der Waals surface area contributed by atoms with E-state index < -0.39 is 5.41 Å². The Bertz CT molecular complexity index is 3460. The summed E-state index contributed by atoms with van der Waals surface area (Å²) in [6, 6.07) is 65.5. The number of anilines is 3. The van der Waals surface area contributed by atoms with Crippen molar-refractivity contribution < 1.29 is 4.42 Å². The minimum absolute atomic E-state index is 0.0915. The SMILES string of the molecule is c1ccc(C2(c3ccccc3)c3ccccc3N3c4c(cccc42)B2c4c(cc5c(sc6ccccc65)c43)-c3cccc4c5oc6ccccc6c5n2c34)cc1. The molecular formula is C51H29BN2OS.